The van der Waals surface area contributed by atoms with Crippen LogP contribution in [-0.4, -0.2) is 0 Å². The average molecular weight is 154 g/mol. The minimum atomic E-state index is 0.540. The Morgan fingerprint density at radius 1 is 0.727 bits per heavy atom. The van der Waals surface area contributed by atoms with Gasteiger partial charge in [-0.2, -0.15) is 0 Å². The van der Waals surface area contributed by atoms with Crippen LogP contribution in [0.5, 0.6) is 0 Å². The first-order valence-electron chi connectivity index (χ1n) is 4.73. The first-order chi connectivity index (χ1) is 4.73. The molecular formula is C11H22. The van der Waals surface area contributed by atoms with Gasteiger partial charge in [0.05, 0.1) is 0 Å². The van der Waals surface area contributed by atoms with Gasteiger partial charge in [-0.05, 0) is 29.1 Å². The van der Waals surface area contributed by atoms with E-state index in [1.807, 2.05) is 0 Å². The topological polar surface area (TPSA) is 0 Å². The van der Waals surface area contributed by atoms with E-state index in [0.717, 1.165) is 11.8 Å². The first kappa shape index (κ1) is 9.09. The molecule has 0 heterocycles. The van der Waals surface area contributed by atoms with Crippen LogP contribution >= 0.6 is 0 Å². The van der Waals surface area contributed by atoms with Gasteiger partial charge in [0.15, 0.2) is 0 Å². The monoisotopic (exact) mass is 154 g/mol. The van der Waals surface area contributed by atoms with E-state index in [0.29, 0.717) is 10.8 Å². The van der Waals surface area contributed by atoms with Crippen molar-refractivity contribution >= 4 is 0 Å². The lowest BCUT2D eigenvalue weighted by atomic mass is 9.81. The minimum Gasteiger partial charge on any atom is -0.0599 e. The van der Waals surface area contributed by atoms with Gasteiger partial charge >= 0.3 is 0 Å². The molecular weight excluding hydrogens is 132 g/mol. The highest BCUT2D eigenvalue weighted by molar-refractivity contribution is 4.99. The van der Waals surface area contributed by atoms with Gasteiger partial charge in [0.1, 0.15) is 0 Å². The van der Waals surface area contributed by atoms with Crippen molar-refractivity contribution in [2.45, 2.75) is 48.0 Å². The van der Waals surface area contributed by atoms with Crippen molar-refractivity contribution in [3.8, 4) is 0 Å². The van der Waals surface area contributed by atoms with Gasteiger partial charge in [-0.1, -0.05) is 41.5 Å². The third kappa shape index (κ3) is 1.98. The molecule has 66 valence electrons. The molecule has 1 unspecified atom stereocenters. The van der Waals surface area contributed by atoms with Gasteiger partial charge in [-0.3, -0.25) is 0 Å². The van der Waals surface area contributed by atoms with E-state index in [4.69, 9.17) is 0 Å². The maximum Gasteiger partial charge on any atom is -0.0329 e. The van der Waals surface area contributed by atoms with Crippen LogP contribution in [-0.2, 0) is 0 Å². The van der Waals surface area contributed by atoms with Crippen molar-refractivity contribution < 1.29 is 0 Å². The third-order valence-corrected chi connectivity index (χ3v) is 3.02. The van der Waals surface area contributed by atoms with Crippen molar-refractivity contribution in [3.05, 3.63) is 0 Å². The predicted octanol–water partition coefficient (Wildman–Crippen LogP) is 3.71. The lowest BCUT2D eigenvalue weighted by Gasteiger charge is -2.24. The molecule has 1 fully saturated rings. The molecule has 0 aromatic heterocycles. The zero-order valence-electron chi connectivity index (χ0n) is 8.86. The molecule has 0 aromatic carbocycles. The van der Waals surface area contributed by atoms with Gasteiger partial charge in [-0.15, -0.1) is 0 Å². The van der Waals surface area contributed by atoms with Gasteiger partial charge in [0.2, 0.25) is 0 Å². The van der Waals surface area contributed by atoms with Crippen LogP contribution < -0.4 is 0 Å². The summed E-state index contributed by atoms with van der Waals surface area (Å²) in [5.41, 5.74) is 1.08. The van der Waals surface area contributed by atoms with Crippen molar-refractivity contribution in [3.63, 3.8) is 0 Å². The summed E-state index contributed by atoms with van der Waals surface area (Å²) >= 11 is 0. The molecule has 0 aromatic rings. The molecule has 0 saturated heterocycles. The van der Waals surface area contributed by atoms with Crippen molar-refractivity contribution in [2.24, 2.45) is 22.7 Å². The van der Waals surface area contributed by atoms with Crippen LogP contribution in [0.2, 0.25) is 0 Å². The minimum absolute atomic E-state index is 0.540. The van der Waals surface area contributed by atoms with Gasteiger partial charge < -0.3 is 0 Å². The van der Waals surface area contributed by atoms with E-state index in [9.17, 15) is 0 Å². The van der Waals surface area contributed by atoms with Crippen molar-refractivity contribution in [1.29, 1.82) is 0 Å². The van der Waals surface area contributed by atoms with Crippen molar-refractivity contribution in [1.82, 2.24) is 0 Å². The molecule has 0 bridgehead atoms. The molecule has 0 heteroatoms. The highest BCUT2D eigenvalue weighted by Gasteiger charge is 2.50. The summed E-state index contributed by atoms with van der Waals surface area (Å²) in [6.45, 7) is 14.2. The fraction of sp³-hybridized carbons (Fsp3) is 1.00. The molecule has 0 amide bonds. The fourth-order valence-corrected chi connectivity index (χ4v) is 2.11. The molecule has 0 N–H and O–H groups in total. The zero-order valence-corrected chi connectivity index (χ0v) is 8.86. The molecule has 2 atom stereocenters. The van der Waals surface area contributed by atoms with E-state index >= 15 is 0 Å². The second-order valence-electron chi connectivity index (χ2n) is 6.18. The molecule has 1 rings (SSSR count). The first-order valence-corrected chi connectivity index (χ1v) is 4.73. The van der Waals surface area contributed by atoms with E-state index in [1.165, 1.54) is 6.42 Å². The Kier molecular flexibility index (Phi) is 1.85. The summed E-state index contributed by atoms with van der Waals surface area (Å²) in [5.74, 6) is 1.95. The number of rotatable bonds is 0. The summed E-state index contributed by atoms with van der Waals surface area (Å²) in [6.07, 6.45) is 1.45. The summed E-state index contributed by atoms with van der Waals surface area (Å²) in [6, 6.07) is 0. The second-order valence-corrected chi connectivity index (χ2v) is 6.18. The summed E-state index contributed by atoms with van der Waals surface area (Å²) in [5, 5.41) is 0. The third-order valence-electron chi connectivity index (χ3n) is 3.02. The molecule has 0 aliphatic heterocycles. The van der Waals surface area contributed by atoms with Gasteiger partial charge in [0, 0.05) is 0 Å². The SMILES string of the molecule is CC(C)(C)C1C[C@H]1C(C)(C)C. The molecule has 1 saturated carbocycles. The summed E-state index contributed by atoms with van der Waals surface area (Å²) in [4.78, 5) is 0. The standard InChI is InChI=1S/C11H22/c1-10(2,3)8-7-9(8)11(4,5)6/h8-9H,7H2,1-6H3/t8-,9?/m1/s1. The van der Waals surface area contributed by atoms with Crippen LogP contribution in [0, 0.1) is 22.7 Å². The Labute approximate surface area is 71.4 Å². The van der Waals surface area contributed by atoms with Gasteiger partial charge in [-0.25, -0.2) is 0 Å². The molecule has 0 nitrogen and oxygen atoms in total. The van der Waals surface area contributed by atoms with Crippen molar-refractivity contribution in [2.75, 3.05) is 0 Å². The van der Waals surface area contributed by atoms with Gasteiger partial charge in [0.25, 0.3) is 0 Å². The average Bonchev–Trinajstić information content (AvgIpc) is 2.30. The second kappa shape index (κ2) is 2.24. The fourth-order valence-electron chi connectivity index (χ4n) is 2.11. The Balaban J connectivity index is 2.51. The normalized spacial score (nSPS) is 32.2. The lowest BCUT2D eigenvalue weighted by molar-refractivity contribution is 0.254. The van der Waals surface area contributed by atoms with E-state index in [2.05, 4.69) is 41.5 Å². The smallest absolute Gasteiger partial charge is 0.0329 e. The Hall–Kier alpha value is 0. The summed E-state index contributed by atoms with van der Waals surface area (Å²) in [7, 11) is 0. The Morgan fingerprint density at radius 2 is 1.00 bits per heavy atom. The summed E-state index contributed by atoms with van der Waals surface area (Å²) < 4.78 is 0. The molecule has 0 radical (unpaired) electrons. The van der Waals surface area contributed by atoms with Crippen LogP contribution in [0.25, 0.3) is 0 Å². The molecule has 1 aliphatic carbocycles. The quantitative estimate of drug-likeness (QED) is 0.499. The van der Waals surface area contributed by atoms with E-state index in [1.54, 1.807) is 0 Å². The Bertz CT molecular complexity index is 124. The maximum atomic E-state index is 2.36. The zero-order chi connectivity index (χ0) is 8.86. The van der Waals surface area contributed by atoms with Crippen LogP contribution in [0.3, 0.4) is 0 Å². The van der Waals surface area contributed by atoms with Crippen LogP contribution in [0.15, 0.2) is 0 Å². The van der Waals surface area contributed by atoms with E-state index < -0.39 is 0 Å². The number of hydrogen-bond donors (Lipinski definition) is 0. The predicted molar refractivity (Wildman–Crippen MR) is 50.5 cm³/mol. The van der Waals surface area contributed by atoms with Crippen LogP contribution in [0.4, 0.5) is 0 Å². The highest BCUT2D eigenvalue weighted by atomic mass is 14.5. The van der Waals surface area contributed by atoms with Crippen LogP contribution in [0.1, 0.15) is 48.0 Å². The largest absolute Gasteiger partial charge is 0.0599 e. The highest BCUT2D eigenvalue weighted by Crippen LogP contribution is 2.58. The molecule has 11 heavy (non-hydrogen) atoms. The molecule has 1 aliphatic rings. The number of hydrogen-bond acceptors (Lipinski definition) is 0. The lowest BCUT2D eigenvalue weighted by Crippen LogP contribution is -2.16. The van der Waals surface area contributed by atoms with E-state index in [-0.39, 0.29) is 0 Å². The molecule has 0 spiro atoms. The Morgan fingerprint density at radius 3 is 1.09 bits per heavy atom. The maximum absolute atomic E-state index is 2.36.